The highest BCUT2D eigenvalue weighted by atomic mass is 19.4. The van der Waals surface area contributed by atoms with Gasteiger partial charge in [-0.25, -0.2) is 0 Å². The van der Waals surface area contributed by atoms with Crippen LogP contribution in [0.5, 0.6) is 0 Å². The second-order valence-corrected chi connectivity index (χ2v) is 4.39. The number of carbonyl (C=O) groups excluding carboxylic acids is 1. The molecule has 0 aliphatic carbocycles. The lowest BCUT2D eigenvalue weighted by Gasteiger charge is -2.12. The summed E-state index contributed by atoms with van der Waals surface area (Å²) in [6, 6.07) is 6.70. The van der Waals surface area contributed by atoms with E-state index in [1.54, 1.807) is 13.0 Å². The van der Waals surface area contributed by atoms with Crippen molar-refractivity contribution in [1.29, 1.82) is 0 Å². The smallest absolute Gasteiger partial charge is 0.416 e. The molecule has 0 saturated heterocycles. The molecule has 0 aliphatic rings. The molecular formula is C14H12F3NO2. The number of hydrogen-bond acceptors (Lipinski definition) is 2. The van der Waals surface area contributed by atoms with Crippen molar-refractivity contribution >= 4 is 11.6 Å². The third-order valence-corrected chi connectivity index (χ3v) is 2.76. The number of nitrogens with one attached hydrogen (secondary N) is 1. The number of anilines is 1. The monoisotopic (exact) mass is 283 g/mol. The number of benzene rings is 1. The first-order chi connectivity index (χ1) is 9.27. The van der Waals surface area contributed by atoms with Crippen LogP contribution in [0, 0.1) is 13.8 Å². The molecular weight excluding hydrogens is 271 g/mol. The molecule has 0 saturated carbocycles. The number of amides is 1. The molecule has 0 unspecified atom stereocenters. The minimum Gasteiger partial charge on any atom is -0.456 e. The van der Waals surface area contributed by atoms with Crippen molar-refractivity contribution in [1.82, 2.24) is 0 Å². The molecule has 1 aromatic carbocycles. The Morgan fingerprint density at radius 1 is 1.15 bits per heavy atom. The van der Waals surface area contributed by atoms with Gasteiger partial charge in [0.1, 0.15) is 5.76 Å². The Morgan fingerprint density at radius 3 is 2.40 bits per heavy atom. The summed E-state index contributed by atoms with van der Waals surface area (Å²) in [4.78, 5) is 11.8. The highest BCUT2D eigenvalue weighted by Crippen LogP contribution is 2.33. The van der Waals surface area contributed by atoms with E-state index in [4.69, 9.17) is 4.42 Å². The summed E-state index contributed by atoms with van der Waals surface area (Å²) >= 11 is 0. The molecule has 1 amide bonds. The Labute approximate surface area is 113 Å². The van der Waals surface area contributed by atoms with Crippen LogP contribution < -0.4 is 5.32 Å². The van der Waals surface area contributed by atoms with Crippen LogP contribution in [0.2, 0.25) is 0 Å². The number of halogens is 3. The third kappa shape index (κ3) is 3.01. The van der Waals surface area contributed by atoms with E-state index in [0.29, 0.717) is 5.76 Å². The Kier molecular flexibility index (Phi) is 3.57. The van der Waals surface area contributed by atoms with Crippen LogP contribution in [-0.2, 0) is 6.18 Å². The van der Waals surface area contributed by atoms with Crippen LogP contribution in [0.3, 0.4) is 0 Å². The Hall–Kier alpha value is -2.24. The van der Waals surface area contributed by atoms with Gasteiger partial charge in [-0.3, -0.25) is 4.79 Å². The van der Waals surface area contributed by atoms with E-state index in [0.717, 1.165) is 6.07 Å². The number of hydrogen-bond donors (Lipinski definition) is 1. The standard InChI is InChI=1S/C14H12F3NO2/c1-8-3-5-10(7-11(8)14(15,16)17)18-13(19)12-6-4-9(2)20-12/h3-7H,1-2H3,(H,18,19). The summed E-state index contributed by atoms with van der Waals surface area (Å²) in [5.41, 5.74) is -0.600. The maximum atomic E-state index is 12.8. The lowest BCUT2D eigenvalue weighted by molar-refractivity contribution is -0.138. The zero-order valence-corrected chi connectivity index (χ0v) is 10.8. The summed E-state index contributed by atoms with van der Waals surface area (Å²) in [5, 5.41) is 2.38. The normalized spacial score (nSPS) is 11.4. The van der Waals surface area contributed by atoms with E-state index >= 15 is 0 Å². The first-order valence-corrected chi connectivity index (χ1v) is 5.83. The molecule has 2 aromatic rings. The summed E-state index contributed by atoms with van der Waals surface area (Å²) in [6.45, 7) is 3.04. The summed E-state index contributed by atoms with van der Waals surface area (Å²) in [6.07, 6.45) is -4.45. The summed E-state index contributed by atoms with van der Waals surface area (Å²) in [5.74, 6) is 0.0155. The number of alkyl halides is 3. The topological polar surface area (TPSA) is 42.2 Å². The molecule has 0 spiro atoms. The lowest BCUT2D eigenvalue weighted by Crippen LogP contribution is -2.13. The minimum absolute atomic E-state index is 0.0524. The second-order valence-electron chi connectivity index (χ2n) is 4.39. The largest absolute Gasteiger partial charge is 0.456 e. The van der Waals surface area contributed by atoms with Gasteiger partial charge in [0.05, 0.1) is 5.56 Å². The van der Waals surface area contributed by atoms with E-state index in [2.05, 4.69) is 5.32 Å². The van der Waals surface area contributed by atoms with Crippen molar-refractivity contribution in [2.45, 2.75) is 20.0 Å². The Bertz CT molecular complexity index is 644. The molecule has 106 valence electrons. The molecule has 2 rings (SSSR count). The van der Waals surface area contributed by atoms with Gasteiger partial charge in [-0.05, 0) is 43.7 Å². The van der Waals surface area contributed by atoms with Gasteiger partial charge in [-0.15, -0.1) is 0 Å². The molecule has 0 radical (unpaired) electrons. The SMILES string of the molecule is Cc1ccc(C(=O)Nc2ccc(C)c(C(F)(F)F)c2)o1. The van der Waals surface area contributed by atoms with E-state index in [1.165, 1.54) is 25.1 Å². The molecule has 20 heavy (non-hydrogen) atoms. The van der Waals surface area contributed by atoms with Crippen molar-refractivity contribution in [2.75, 3.05) is 5.32 Å². The molecule has 0 bridgehead atoms. The lowest BCUT2D eigenvalue weighted by atomic mass is 10.1. The fourth-order valence-corrected chi connectivity index (χ4v) is 1.75. The molecule has 1 N–H and O–H groups in total. The van der Waals surface area contributed by atoms with Crippen LogP contribution in [-0.4, -0.2) is 5.91 Å². The first kappa shape index (κ1) is 14.2. The van der Waals surface area contributed by atoms with E-state index in [9.17, 15) is 18.0 Å². The number of carbonyl (C=O) groups is 1. The number of aryl methyl sites for hydroxylation is 2. The molecule has 0 aliphatic heterocycles. The fraction of sp³-hybridized carbons (Fsp3) is 0.214. The van der Waals surface area contributed by atoms with Crippen LogP contribution in [0.25, 0.3) is 0 Å². The zero-order chi connectivity index (χ0) is 14.9. The van der Waals surface area contributed by atoms with Gasteiger partial charge < -0.3 is 9.73 Å². The molecule has 1 aromatic heterocycles. The molecule has 0 atom stereocenters. The van der Waals surface area contributed by atoms with E-state index < -0.39 is 17.6 Å². The minimum atomic E-state index is -4.45. The predicted octanol–water partition coefficient (Wildman–Crippen LogP) is 4.17. The highest BCUT2D eigenvalue weighted by Gasteiger charge is 2.32. The van der Waals surface area contributed by atoms with Crippen molar-refractivity contribution in [3.63, 3.8) is 0 Å². The summed E-state index contributed by atoms with van der Waals surface area (Å²) < 4.78 is 43.4. The number of rotatable bonds is 2. The van der Waals surface area contributed by atoms with Gasteiger partial charge in [-0.1, -0.05) is 6.07 Å². The molecule has 6 heteroatoms. The van der Waals surface area contributed by atoms with Gasteiger partial charge in [0, 0.05) is 5.69 Å². The van der Waals surface area contributed by atoms with Crippen molar-refractivity contribution in [3.8, 4) is 0 Å². The van der Waals surface area contributed by atoms with Gasteiger partial charge in [0.2, 0.25) is 0 Å². The fourth-order valence-electron chi connectivity index (χ4n) is 1.75. The average Bonchev–Trinajstić information content (AvgIpc) is 2.77. The quantitative estimate of drug-likeness (QED) is 0.898. The van der Waals surface area contributed by atoms with Gasteiger partial charge >= 0.3 is 6.18 Å². The predicted molar refractivity (Wildman–Crippen MR) is 67.6 cm³/mol. The Morgan fingerprint density at radius 2 is 1.85 bits per heavy atom. The number of furan rings is 1. The van der Waals surface area contributed by atoms with Crippen molar-refractivity contribution < 1.29 is 22.4 Å². The maximum Gasteiger partial charge on any atom is 0.416 e. The van der Waals surface area contributed by atoms with Crippen LogP contribution in [0.1, 0.15) is 27.4 Å². The van der Waals surface area contributed by atoms with Crippen LogP contribution in [0.15, 0.2) is 34.7 Å². The molecule has 3 nitrogen and oxygen atoms in total. The first-order valence-electron chi connectivity index (χ1n) is 5.83. The van der Waals surface area contributed by atoms with Gasteiger partial charge in [0.25, 0.3) is 5.91 Å². The van der Waals surface area contributed by atoms with E-state index in [1.807, 2.05) is 0 Å². The second kappa shape index (κ2) is 5.03. The Balaban J connectivity index is 2.24. The zero-order valence-electron chi connectivity index (χ0n) is 10.8. The molecule has 0 fully saturated rings. The maximum absolute atomic E-state index is 12.8. The van der Waals surface area contributed by atoms with E-state index in [-0.39, 0.29) is 17.0 Å². The van der Waals surface area contributed by atoms with Gasteiger partial charge in [0.15, 0.2) is 5.76 Å². The average molecular weight is 283 g/mol. The third-order valence-electron chi connectivity index (χ3n) is 2.76. The van der Waals surface area contributed by atoms with Crippen LogP contribution >= 0.6 is 0 Å². The molecule has 1 heterocycles. The van der Waals surface area contributed by atoms with Crippen molar-refractivity contribution in [3.05, 3.63) is 53.0 Å². The van der Waals surface area contributed by atoms with Crippen LogP contribution in [0.4, 0.5) is 18.9 Å². The summed E-state index contributed by atoms with van der Waals surface area (Å²) in [7, 11) is 0. The van der Waals surface area contributed by atoms with Gasteiger partial charge in [-0.2, -0.15) is 13.2 Å². The van der Waals surface area contributed by atoms with Crippen molar-refractivity contribution in [2.24, 2.45) is 0 Å². The highest BCUT2D eigenvalue weighted by molar-refractivity contribution is 6.02.